The van der Waals surface area contributed by atoms with Gasteiger partial charge >= 0.3 is 0 Å². The smallest absolute Gasteiger partial charge is 0.265 e. The predicted octanol–water partition coefficient (Wildman–Crippen LogP) is 2.13. The molecular formula is C17H18N2O4S2. The van der Waals surface area contributed by atoms with E-state index in [2.05, 4.69) is 0 Å². The van der Waals surface area contributed by atoms with Crippen LogP contribution < -0.4 is 5.14 Å². The van der Waals surface area contributed by atoms with E-state index < -0.39 is 10.0 Å². The second-order valence-electron chi connectivity index (χ2n) is 5.98. The lowest BCUT2D eigenvalue weighted by Crippen LogP contribution is -2.42. The Bertz CT molecular complexity index is 890. The number of benzene rings is 1. The number of thiophene rings is 1. The summed E-state index contributed by atoms with van der Waals surface area (Å²) in [5, 5.41) is 6.71. The number of hydrogen-bond acceptors (Lipinski definition) is 5. The minimum absolute atomic E-state index is 0.0101. The molecule has 0 spiro atoms. The fraction of sp³-hybridized carbons (Fsp3) is 0.294. The van der Waals surface area contributed by atoms with Gasteiger partial charge < -0.3 is 4.90 Å². The Labute approximate surface area is 150 Å². The number of Topliss-reactive ketones (excluding diaryl/α,β-unsaturated/α-hetero) is 1. The van der Waals surface area contributed by atoms with Gasteiger partial charge in [-0.25, -0.2) is 13.6 Å². The van der Waals surface area contributed by atoms with E-state index in [-0.39, 0.29) is 33.9 Å². The minimum atomic E-state index is -3.95. The number of likely N-dealkylation sites (tertiary alicyclic amines) is 1. The molecule has 1 atom stereocenters. The minimum Gasteiger partial charge on any atom is -0.337 e. The summed E-state index contributed by atoms with van der Waals surface area (Å²) in [5.41, 5.74) is 0.628. The van der Waals surface area contributed by atoms with E-state index in [0.29, 0.717) is 24.9 Å². The molecule has 2 N–H and O–H groups in total. The van der Waals surface area contributed by atoms with Gasteiger partial charge in [0.05, 0.1) is 0 Å². The molecule has 1 aliphatic rings. The molecule has 3 rings (SSSR count). The topological polar surface area (TPSA) is 97.5 Å². The lowest BCUT2D eigenvalue weighted by molar-refractivity contribution is 0.0638. The number of piperidine rings is 1. The van der Waals surface area contributed by atoms with Crippen LogP contribution in [0.3, 0.4) is 0 Å². The van der Waals surface area contributed by atoms with Gasteiger partial charge in [-0.1, -0.05) is 30.3 Å². The quantitative estimate of drug-likeness (QED) is 0.824. The van der Waals surface area contributed by atoms with Gasteiger partial charge in [0.2, 0.25) is 10.0 Å². The third-order valence-electron chi connectivity index (χ3n) is 4.27. The van der Waals surface area contributed by atoms with Crippen molar-refractivity contribution >= 4 is 33.1 Å². The average Bonchev–Trinajstić information content (AvgIpc) is 3.11. The molecular weight excluding hydrogens is 360 g/mol. The van der Waals surface area contributed by atoms with E-state index in [4.69, 9.17) is 5.14 Å². The molecule has 8 heteroatoms. The summed E-state index contributed by atoms with van der Waals surface area (Å²) < 4.78 is 23.2. The Morgan fingerprint density at radius 1 is 1.16 bits per heavy atom. The van der Waals surface area contributed by atoms with E-state index >= 15 is 0 Å². The molecule has 25 heavy (non-hydrogen) atoms. The van der Waals surface area contributed by atoms with Gasteiger partial charge in [0.25, 0.3) is 5.91 Å². The fourth-order valence-electron chi connectivity index (χ4n) is 3.03. The molecule has 0 saturated carbocycles. The monoisotopic (exact) mass is 378 g/mol. The predicted molar refractivity (Wildman–Crippen MR) is 95.1 cm³/mol. The van der Waals surface area contributed by atoms with Crippen molar-refractivity contribution in [1.82, 2.24) is 4.90 Å². The van der Waals surface area contributed by atoms with Crippen molar-refractivity contribution in [3.05, 3.63) is 52.2 Å². The number of hydrogen-bond donors (Lipinski definition) is 1. The van der Waals surface area contributed by atoms with Crippen LogP contribution >= 0.6 is 11.3 Å². The molecule has 2 aromatic rings. The second-order valence-corrected chi connectivity index (χ2v) is 8.43. The molecule has 1 fully saturated rings. The van der Waals surface area contributed by atoms with Crippen molar-refractivity contribution in [2.75, 3.05) is 13.1 Å². The number of carbonyl (C=O) groups excluding carboxylic acids is 2. The molecule has 132 valence electrons. The van der Waals surface area contributed by atoms with E-state index in [1.54, 1.807) is 17.0 Å². The standard InChI is InChI=1S/C17H18N2O4S2/c18-25(22,23)14-8-10-24-16(14)17(21)19-9-4-7-13(11-19)15(20)12-5-2-1-3-6-12/h1-3,5-6,8,10,13H,4,7,9,11H2,(H2,18,22,23)/t13-/m0/s1. The van der Waals surface area contributed by atoms with Gasteiger partial charge in [0.1, 0.15) is 9.77 Å². The van der Waals surface area contributed by atoms with Crippen LogP contribution in [0, 0.1) is 5.92 Å². The first-order chi connectivity index (χ1) is 11.9. The van der Waals surface area contributed by atoms with Gasteiger partial charge in [-0.05, 0) is 24.3 Å². The van der Waals surface area contributed by atoms with E-state index in [1.807, 2.05) is 18.2 Å². The molecule has 0 radical (unpaired) electrons. The van der Waals surface area contributed by atoms with Crippen LogP contribution in [0.4, 0.5) is 0 Å². The Balaban J connectivity index is 1.79. The highest BCUT2D eigenvalue weighted by atomic mass is 32.2. The van der Waals surface area contributed by atoms with Gasteiger partial charge in [0.15, 0.2) is 5.78 Å². The van der Waals surface area contributed by atoms with Gasteiger partial charge in [-0.2, -0.15) is 0 Å². The summed E-state index contributed by atoms with van der Waals surface area (Å²) >= 11 is 1.05. The zero-order valence-electron chi connectivity index (χ0n) is 13.4. The van der Waals surface area contributed by atoms with Crippen molar-refractivity contribution in [3.8, 4) is 0 Å². The van der Waals surface area contributed by atoms with Crippen molar-refractivity contribution in [2.24, 2.45) is 11.1 Å². The van der Waals surface area contributed by atoms with Crippen LogP contribution in [0.15, 0.2) is 46.7 Å². The maximum Gasteiger partial charge on any atom is 0.265 e. The van der Waals surface area contributed by atoms with Crippen molar-refractivity contribution in [3.63, 3.8) is 0 Å². The van der Waals surface area contributed by atoms with Crippen LogP contribution in [-0.4, -0.2) is 38.1 Å². The second kappa shape index (κ2) is 7.07. The molecule has 1 aliphatic heterocycles. The normalized spacial score (nSPS) is 18.1. The fourth-order valence-corrected chi connectivity index (χ4v) is 4.97. The van der Waals surface area contributed by atoms with Crippen molar-refractivity contribution in [1.29, 1.82) is 0 Å². The summed E-state index contributed by atoms with van der Waals surface area (Å²) in [7, 11) is -3.95. The number of ketones is 1. The lowest BCUT2D eigenvalue weighted by atomic mass is 9.90. The van der Waals surface area contributed by atoms with E-state index in [0.717, 1.165) is 11.3 Å². The Hall–Kier alpha value is -2.03. The van der Waals surface area contributed by atoms with Crippen LogP contribution in [0.25, 0.3) is 0 Å². The molecule has 1 aromatic carbocycles. The van der Waals surface area contributed by atoms with Crippen LogP contribution in [0.5, 0.6) is 0 Å². The molecule has 0 bridgehead atoms. The van der Waals surface area contributed by atoms with E-state index in [9.17, 15) is 18.0 Å². The first-order valence-corrected chi connectivity index (χ1v) is 10.3. The highest BCUT2D eigenvalue weighted by Gasteiger charge is 2.32. The third-order valence-corrected chi connectivity index (χ3v) is 6.25. The number of sulfonamides is 1. The largest absolute Gasteiger partial charge is 0.337 e. The van der Waals surface area contributed by atoms with Crippen LogP contribution in [0.1, 0.15) is 32.9 Å². The van der Waals surface area contributed by atoms with Gasteiger partial charge in [-0.15, -0.1) is 11.3 Å². The molecule has 1 saturated heterocycles. The molecule has 1 amide bonds. The summed E-state index contributed by atoms with van der Waals surface area (Å²) in [6.45, 7) is 0.786. The molecule has 0 aliphatic carbocycles. The Morgan fingerprint density at radius 3 is 2.56 bits per heavy atom. The first-order valence-electron chi connectivity index (χ1n) is 7.87. The maximum atomic E-state index is 12.7. The van der Waals surface area contributed by atoms with Crippen LogP contribution in [0.2, 0.25) is 0 Å². The molecule has 0 unspecified atom stereocenters. The summed E-state index contributed by atoms with van der Waals surface area (Å²) in [6.07, 6.45) is 1.41. The summed E-state index contributed by atoms with van der Waals surface area (Å²) in [4.78, 5) is 26.9. The summed E-state index contributed by atoms with van der Waals surface area (Å²) in [6, 6.07) is 10.3. The SMILES string of the molecule is NS(=O)(=O)c1ccsc1C(=O)N1CCC[C@H](C(=O)c2ccccc2)C1. The number of amides is 1. The molecule has 6 nitrogen and oxygen atoms in total. The number of carbonyl (C=O) groups is 2. The molecule has 1 aromatic heterocycles. The first kappa shape index (κ1) is 17.8. The van der Waals surface area contributed by atoms with Crippen LogP contribution in [-0.2, 0) is 10.0 Å². The number of primary sulfonamides is 1. The average molecular weight is 378 g/mol. The highest BCUT2D eigenvalue weighted by molar-refractivity contribution is 7.89. The Morgan fingerprint density at radius 2 is 1.88 bits per heavy atom. The molecule has 2 heterocycles. The zero-order chi connectivity index (χ0) is 18.0. The van der Waals surface area contributed by atoms with Crippen molar-refractivity contribution < 1.29 is 18.0 Å². The maximum absolute atomic E-state index is 12.7. The highest BCUT2D eigenvalue weighted by Crippen LogP contribution is 2.26. The summed E-state index contributed by atoms with van der Waals surface area (Å²) in [5.74, 6) is -0.654. The Kier molecular flexibility index (Phi) is 5.03. The third kappa shape index (κ3) is 3.81. The van der Waals surface area contributed by atoms with Gasteiger partial charge in [0, 0.05) is 24.6 Å². The van der Waals surface area contributed by atoms with E-state index in [1.165, 1.54) is 11.4 Å². The lowest BCUT2D eigenvalue weighted by Gasteiger charge is -2.32. The number of nitrogens with zero attached hydrogens (tertiary/aromatic N) is 1. The number of rotatable bonds is 4. The van der Waals surface area contributed by atoms with Gasteiger partial charge in [-0.3, -0.25) is 9.59 Å². The van der Waals surface area contributed by atoms with Crippen molar-refractivity contribution in [2.45, 2.75) is 17.7 Å². The zero-order valence-corrected chi connectivity index (χ0v) is 15.1. The number of nitrogens with two attached hydrogens (primary N) is 1.